The van der Waals surface area contributed by atoms with Crippen LogP contribution in [-0.2, 0) is 16.6 Å². The Kier molecular flexibility index (Phi) is 7.66. The van der Waals surface area contributed by atoms with Crippen LogP contribution in [0.15, 0.2) is 42.5 Å². The summed E-state index contributed by atoms with van der Waals surface area (Å²) in [6, 6.07) is 8.89. The number of carbonyl (C=O) groups is 1. The number of sulfonamides is 1. The van der Waals surface area contributed by atoms with E-state index in [-0.39, 0.29) is 5.69 Å². The lowest BCUT2D eigenvalue weighted by molar-refractivity contribution is 0.262. The largest absolute Gasteiger partial charge is 0.323 e. The van der Waals surface area contributed by atoms with Crippen LogP contribution >= 0.6 is 0 Å². The van der Waals surface area contributed by atoms with Gasteiger partial charge in [0.15, 0.2) is 0 Å². The average Bonchev–Trinajstić information content (AvgIpc) is 2.63. The number of rotatable bonds is 8. The predicted molar refractivity (Wildman–Crippen MR) is 109 cm³/mol. The number of likely N-dealkylation sites (N-methyl/N-ethyl adjacent to an activating group) is 2. The molecule has 158 valence electrons. The summed E-state index contributed by atoms with van der Waals surface area (Å²) in [5.41, 5.74) is 1.12. The Balaban J connectivity index is 1.96. The van der Waals surface area contributed by atoms with Crippen LogP contribution in [0.4, 0.5) is 25.0 Å². The predicted octanol–water partition coefficient (Wildman–Crippen LogP) is 2.93. The van der Waals surface area contributed by atoms with E-state index in [0.717, 1.165) is 11.8 Å². The summed E-state index contributed by atoms with van der Waals surface area (Å²) in [4.78, 5) is 14.0. The van der Waals surface area contributed by atoms with E-state index >= 15 is 0 Å². The van der Waals surface area contributed by atoms with Crippen molar-refractivity contribution < 1.29 is 22.0 Å². The SMILES string of the molecule is CN(CCN(C)S(C)(=O)=O)Cc1ccc(F)c(NC(=O)Nc2ccc(F)cc2)c1. The van der Waals surface area contributed by atoms with Crippen molar-refractivity contribution in [1.29, 1.82) is 0 Å². The smallest absolute Gasteiger partial charge is 0.308 e. The van der Waals surface area contributed by atoms with Crippen LogP contribution in [-0.4, -0.2) is 57.1 Å². The molecule has 0 bridgehead atoms. The summed E-state index contributed by atoms with van der Waals surface area (Å²) >= 11 is 0. The molecule has 0 fully saturated rings. The second-order valence-corrected chi connectivity index (χ2v) is 8.81. The van der Waals surface area contributed by atoms with Crippen LogP contribution in [0.5, 0.6) is 0 Å². The third-order valence-electron chi connectivity index (χ3n) is 4.20. The van der Waals surface area contributed by atoms with Crippen molar-refractivity contribution in [3.63, 3.8) is 0 Å². The molecule has 29 heavy (non-hydrogen) atoms. The molecule has 0 aliphatic carbocycles. The number of carbonyl (C=O) groups excluding carboxylic acids is 1. The molecule has 0 aromatic heterocycles. The Morgan fingerprint density at radius 2 is 1.66 bits per heavy atom. The number of amides is 2. The first-order valence-electron chi connectivity index (χ1n) is 8.76. The fourth-order valence-corrected chi connectivity index (χ4v) is 2.87. The molecular formula is C19H24F2N4O3S. The monoisotopic (exact) mass is 426 g/mol. The molecule has 0 radical (unpaired) electrons. The number of nitrogens with one attached hydrogen (secondary N) is 2. The van der Waals surface area contributed by atoms with E-state index in [1.54, 1.807) is 6.07 Å². The summed E-state index contributed by atoms with van der Waals surface area (Å²) < 4.78 is 51.1. The number of hydrogen-bond donors (Lipinski definition) is 2. The molecule has 0 spiro atoms. The van der Waals surface area contributed by atoms with Gasteiger partial charge in [0.1, 0.15) is 11.6 Å². The normalized spacial score (nSPS) is 11.7. The molecule has 7 nitrogen and oxygen atoms in total. The topological polar surface area (TPSA) is 81.8 Å². The second-order valence-electron chi connectivity index (χ2n) is 6.72. The number of anilines is 2. The Morgan fingerprint density at radius 1 is 1.00 bits per heavy atom. The van der Waals surface area contributed by atoms with Crippen molar-refractivity contribution >= 4 is 27.4 Å². The van der Waals surface area contributed by atoms with Crippen LogP contribution in [0.1, 0.15) is 5.56 Å². The zero-order valence-electron chi connectivity index (χ0n) is 16.4. The Hall–Kier alpha value is -2.56. The van der Waals surface area contributed by atoms with Gasteiger partial charge in [-0.2, -0.15) is 0 Å². The molecular weight excluding hydrogens is 402 g/mol. The van der Waals surface area contributed by atoms with Crippen LogP contribution in [0.2, 0.25) is 0 Å². The van der Waals surface area contributed by atoms with Gasteiger partial charge in [-0.25, -0.2) is 26.3 Å². The molecule has 2 amide bonds. The van der Waals surface area contributed by atoms with E-state index in [9.17, 15) is 22.0 Å². The van der Waals surface area contributed by atoms with Gasteiger partial charge >= 0.3 is 6.03 Å². The lowest BCUT2D eigenvalue weighted by Gasteiger charge is -2.21. The van der Waals surface area contributed by atoms with Gasteiger partial charge in [0.25, 0.3) is 0 Å². The number of benzene rings is 2. The lowest BCUT2D eigenvalue weighted by Crippen LogP contribution is -2.33. The van der Waals surface area contributed by atoms with Crippen molar-refractivity contribution in [2.24, 2.45) is 0 Å². The van der Waals surface area contributed by atoms with E-state index in [2.05, 4.69) is 10.6 Å². The first-order valence-corrected chi connectivity index (χ1v) is 10.6. The standard InChI is InChI=1S/C19H24F2N4O3S/c1-24(10-11-25(2)29(3,27)28)13-14-4-9-17(21)18(12-14)23-19(26)22-16-7-5-15(20)6-8-16/h4-9,12H,10-11,13H2,1-3H3,(H2,22,23,26). The summed E-state index contributed by atoms with van der Waals surface area (Å²) in [5.74, 6) is -1.02. The highest BCUT2D eigenvalue weighted by Gasteiger charge is 2.13. The third-order valence-corrected chi connectivity index (χ3v) is 5.51. The van der Waals surface area contributed by atoms with Gasteiger partial charge in [-0.3, -0.25) is 0 Å². The molecule has 0 unspecified atom stereocenters. The highest BCUT2D eigenvalue weighted by Crippen LogP contribution is 2.18. The minimum Gasteiger partial charge on any atom is -0.308 e. The maximum Gasteiger partial charge on any atom is 0.323 e. The van der Waals surface area contributed by atoms with Gasteiger partial charge < -0.3 is 15.5 Å². The molecule has 2 N–H and O–H groups in total. The molecule has 2 aromatic rings. The van der Waals surface area contributed by atoms with Crippen molar-refractivity contribution in [2.45, 2.75) is 6.54 Å². The summed E-state index contributed by atoms with van der Waals surface area (Å²) in [6.07, 6.45) is 1.14. The fourth-order valence-electron chi connectivity index (χ4n) is 2.45. The van der Waals surface area contributed by atoms with Crippen LogP contribution in [0.3, 0.4) is 0 Å². The molecule has 10 heteroatoms. The van der Waals surface area contributed by atoms with Gasteiger partial charge in [-0.15, -0.1) is 0 Å². The first-order chi connectivity index (χ1) is 13.5. The summed E-state index contributed by atoms with van der Waals surface area (Å²) in [6.45, 7) is 1.24. The molecule has 0 saturated carbocycles. The zero-order chi connectivity index (χ0) is 21.6. The van der Waals surface area contributed by atoms with Crippen molar-refractivity contribution in [2.75, 3.05) is 44.1 Å². The highest BCUT2D eigenvalue weighted by atomic mass is 32.2. The minimum atomic E-state index is -3.24. The first kappa shape index (κ1) is 22.7. The van der Waals surface area contributed by atoms with Crippen LogP contribution in [0, 0.1) is 11.6 Å². The maximum atomic E-state index is 14.1. The Morgan fingerprint density at radius 3 is 2.28 bits per heavy atom. The molecule has 0 aliphatic heterocycles. The number of halogens is 2. The van der Waals surface area contributed by atoms with Gasteiger partial charge in [-0.05, 0) is 49.0 Å². The second kappa shape index (κ2) is 9.77. The maximum absolute atomic E-state index is 14.1. The molecule has 0 heterocycles. The van der Waals surface area contributed by atoms with Gasteiger partial charge in [-0.1, -0.05) is 6.07 Å². The quantitative estimate of drug-likeness (QED) is 0.680. The van der Waals surface area contributed by atoms with Gasteiger partial charge in [0.05, 0.1) is 11.9 Å². The average molecular weight is 426 g/mol. The van der Waals surface area contributed by atoms with Crippen LogP contribution in [0.25, 0.3) is 0 Å². The zero-order valence-corrected chi connectivity index (χ0v) is 17.3. The Labute approximate surface area is 169 Å². The third kappa shape index (κ3) is 7.41. The Bertz CT molecular complexity index is 952. The molecule has 0 saturated heterocycles. The van der Waals surface area contributed by atoms with Crippen molar-refractivity contribution in [3.05, 3.63) is 59.7 Å². The van der Waals surface area contributed by atoms with E-state index in [4.69, 9.17) is 0 Å². The number of urea groups is 1. The molecule has 0 atom stereocenters. The van der Waals surface area contributed by atoms with Gasteiger partial charge in [0, 0.05) is 32.4 Å². The highest BCUT2D eigenvalue weighted by molar-refractivity contribution is 7.88. The number of nitrogens with zero attached hydrogens (tertiary/aromatic N) is 2. The van der Waals surface area contributed by atoms with E-state index < -0.39 is 27.7 Å². The summed E-state index contributed by atoms with van der Waals surface area (Å²) in [5, 5.41) is 4.93. The molecule has 0 aliphatic rings. The lowest BCUT2D eigenvalue weighted by atomic mass is 10.2. The van der Waals surface area contributed by atoms with Gasteiger partial charge in [0.2, 0.25) is 10.0 Å². The minimum absolute atomic E-state index is 0.00349. The fraction of sp³-hybridized carbons (Fsp3) is 0.316. The van der Waals surface area contributed by atoms with Crippen molar-refractivity contribution in [3.8, 4) is 0 Å². The molecule has 2 aromatic carbocycles. The van der Waals surface area contributed by atoms with E-state index in [0.29, 0.717) is 25.3 Å². The number of hydrogen-bond acceptors (Lipinski definition) is 4. The summed E-state index contributed by atoms with van der Waals surface area (Å²) in [7, 11) is 0.0725. The van der Waals surface area contributed by atoms with Crippen molar-refractivity contribution in [1.82, 2.24) is 9.21 Å². The molecule has 2 rings (SSSR count). The van der Waals surface area contributed by atoms with Crippen LogP contribution < -0.4 is 10.6 Å². The van der Waals surface area contributed by atoms with E-state index in [1.165, 1.54) is 47.8 Å². The van der Waals surface area contributed by atoms with E-state index in [1.807, 2.05) is 11.9 Å².